The molecule has 0 bridgehead atoms. The molecule has 0 aromatic carbocycles. The highest BCUT2D eigenvalue weighted by Gasteiger charge is 2.31. The Hall–Kier alpha value is -0.0800. The summed E-state index contributed by atoms with van der Waals surface area (Å²) < 4.78 is 0. The van der Waals surface area contributed by atoms with Crippen molar-refractivity contribution in [2.24, 2.45) is 5.92 Å². The van der Waals surface area contributed by atoms with Gasteiger partial charge in [0, 0.05) is 18.6 Å². The molecule has 0 spiro atoms. The van der Waals surface area contributed by atoms with Crippen LogP contribution in [0.1, 0.15) is 65.2 Å². The first-order valence-corrected chi connectivity index (χ1v) is 8.32. The van der Waals surface area contributed by atoms with Gasteiger partial charge in [0.05, 0.1) is 0 Å². The van der Waals surface area contributed by atoms with Crippen LogP contribution < -0.4 is 5.32 Å². The lowest BCUT2D eigenvalue weighted by atomic mass is 9.83. The number of likely N-dealkylation sites (N-methyl/N-ethyl adjacent to an activating group) is 1. The molecule has 2 fully saturated rings. The Kier molecular flexibility index (Phi) is 5.97. The Morgan fingerprint density at radius 1 is 1.00 bits per heavy atom. The van der Waals surface area contributed by atoms with E-state index in [1.165, 1.54) is 71.0 Å². The summed E-state index contributed by atoms with van der Waals surface area (Å²) >= 11 is 0. The number of hydrogen-bond acceptors (Lipinski definition) is 2. The molecule has 2 unspecified atom stereocenters. The van der Waals surface area contributed by atoms with Gasteiger partial charge in [-0.2, -0.15) is 0 Å². The molecule has 2 saturated carbocycles. The lowest BCUT2D eigenvalue weighted by Crippen LogP contribution is -2.53. The van der Waals surface area contributed by atoms with Crippen LogP contribution in [-0.2, 0) is 0 Å². The lowest BCUT2D eigenvalue weighted by molar-refractivity contribution is 0.0900. The van der Waals surface area contributed by atoms with Gasteiger partial charge in [-0.25, -0.2) is 0 Å². The smallest absolute Gasteiger partial charge is 0.0249 e. The van der Waals surface area contributed by atoms with Gasteiger partial charge >= 0.3 is 0 Å². The maximum atomic E-state index is 3.80. The fourth-order valence-electron chi connectivity index (χ4n) is 3.62. The van der Waals surface area contributed by atoms with Crippen LogP contribution in [-0.4, -0.2) is 36.6 Å². The Morgan fingerprint density at radius 2 is 1.78 bits per heavy atom. The minimum absolute atomic E-state index is 0.763. The molecule has 0 radical (unpaired) electrons. The van der Waals surface area contributed by atoms with Crippen LogP contribution in [0.4, 0.5) is 0 Å². The molecule has 0 amide bonds. The summed E-state index contributed by atoms with van der Waals surface area (Å²) in [5.41, 5.74) is 0. The van der Waals surface area contributed by atoms with Crippen molar-refractivity contribution < 1.29 is 0 Å². The number of hydrogen-bond donors (Lipinski definition) is 1. The molecule has 0 aliphatic heterocycles. The highest BCUT2D eigenvalue weighted by molar-refractivity contribution is 4.89. The quantitative estimate of drug-likeness (QED) is 0.747. The molecule has 2 aliphatic rings. The van der Waals surface area contributed by atoms with Crippen molar-refractivity contribution in [3.8, 4) is 0 Å². The van der Waals surface area contributed by atoms with Crippen LogP contribution in [0, 0.1) is 5.92 Å². The number of nitrogens with one attached hydrogen (secondary N) is 1. The van der Waals surface area contributed by atoms with Gasteiger partial charge in [0.1, 0.15) is 0 Å². The van der Waals surface area contributed by atoms with E-state index in [0.717, 1.165) is 18.0 Å². The molecule has 106 valence electrons. The molecule has 18 heavy (non-hydrogen) atoms. The third-order valence-electron chi connectivity index (χ3n) is 4.98. The van der Waals surface area contributed by atoms with Gasteiger partial charge in [-0.1, -0.05) is 33.1 Å². The van der Waals surface area contributed by atoms with E-state index < -0.39 is 0 Å². The van der Waals surface area contributed by atoms with Crippen LogP contribution in [0.2, 0.25) is 0 Å². The van der Waals surface area contributed by atoms with Crippen molar-refractivity contribution >= 4 is 0 Å². The van der Waals surface area contributed by atoms with Gasteiger partial charge in [-0.05, 0) is 51.1 Å². The molecule has 2 heteroatoms. The summed E-state index contributed by atoms with van der Waals surface area (Å²) in [6, 6.07) is 1.58. The molecule has 1 N–H and O–H groups in total. The highest BCUT2D eigenvalue weighted by atomic mass is 15.2. The van der Waals surface area contributed by atoms with Crippen molar-refractivity contribution in [1.29, 1.82) is 0 Å². The predicted molar refractivity (Wildman–Crippen MR) is 78.9 cm³/mol. The maximum Gasteiger partial charge on any atom is 0.0249 e. The maximum absolute atomic E-state index is 3.80. The monoisotopic (exact) mass is 252 g/mol. The molecule has 2 rings (SSSR count). The summed E-state index contributed by atoms with van der Waals surface area (Å²) in [4.78, 5) is 2.79. The zero-order valence-electron chi connectivity index (χ0n) is 12.5. The minimum atomic E-state index is 0.763. The fraction of sp³-hybridized carbons (Fsp3) is 1.00. The highest BCUT2D eigenvalue weighted by Crippen LogP contribution is 2.30. The van der Waals surface area contributed by atoms with E-state index in [-0.39, 0.29) is 0 Å². The van der Waals surface area contributed by atoms with Crippen LogP contribution in [0.3, 0.4) is 0 Å². The van der Waals surface area contributed by atoms with Crippen LogP contribution in [0.25, 0.3) is 0 Å². The number of rotatable bonds is 7. The van der Waals surface area contributed by atoms with Crippen molar-refractivity contribution in [1.82, 2.24) is 10.2 Å². The molecule has 0 aromatic heterocycles. The summed E-state index contributed by atoms with van der Waals surface area (Å²) in [6.07, 6.45) is 11.4. The summed E-state index contributed by atoms with van der Waals surface area (Å²) in [5, 5.41) is 3.80. The van der Waals surface area contributed by atoms with Crippen LogP contribution >= 0.6 is 0 Å². The summed E-state index contributed by atoms with van der Waals surface area (Å²) in [7, 11) is 0. The molecule has 2 aliphatic carbocycles. The predicted octanol–water partition coefficient (Wildman–Crippen LogP) is 3.42. The molecule has 0 aromatic rings. The largest absolute Gasteiger partial charge is 0.312 e. The Balaban J connectivity index is 1.87. The first-order chi connectivity index (χ1) is 8.85. The Morgan fingerprint density at radius 3 is 2.39 bits per heavy atom. The van der Waals surface area contributed by atoms with Crippen molar-refractivity contribution in [2.45, 2.75) is 77.3 Å². The number of nitrogens with zero attached hydrogens (tertiary/aromatic N) is 1. The SMILES string of the molecule is CCCNC1CCCCC1N(CC)CC1CCC1. The van der Waals surface area contributed by atoms with E-state index >= 15 is 0 Å². The molecule has 0 heterocycles. The molecular weight excluding hydrogens is 220 g/mol. The fourth-order valence-corrected chi connectivity index (χ4v) is 3.62. The van der Waals surface area contributed by atoms with E-state index in [1.54, 1.807) is 0 Å². The molecular formula is C16H32N2. The van der Waals surface area contributed by atoms with Crippen molar-refractivity contribution in [3.63, 3.8) is 0 Å². The van der Waals surface area contributed by atoms with Crippen molar-refractivity contribution in [2.75, 3.05) is 19.6 Å². The van der Waals surface area contributed by atoms with E-state index in [1.807, 2.05) is 0 Å². The van der Waals surface area contributed by atoms with Gasteiger partial charge in [0.2, 0.25) is 0 Å². The molecule has 2 nitrogen and oxygen atoms in total. The zero-order valence-corrected chi connectivity index (χ0v) is 12.5. The average molecular weight is 252 g/mol. The third kappa shape index (κ3) is 3.71. The zero-order chi connectivity index (χ0) is 12.8. The second-order valence-electron chi connectivity index (χ2n) is 6.30. The van der Waals surface area contributed by atoms with E-state index in [2.05, 4.69) is 24.1 Å². The minimum Gasteiger partial charge on any atom is -0.312 e. The van der Waals surface area contributed by atoms with Gasteiger partial charge in [0.15, 0.2) is 0 Å². The van der Waals surface area contributed by atoms with E-state index in [0.29, 0.717) is 0 Å². The first kappa shape index (κ1) is 14.3. The van der Waals surface area contributed by atoms with Gasteiger partial charge < -0.3 is 5.32 Å². The lowest BCUT2D eigenvalue weighted by Gasteiger charge is -2.43. The standard InChI is InChI=1S/C16H32N2/c1-3-12-17-15-10-5-6-11-16(15)18(4-2)13-14-8-7-9-14/h14-17H,3-13H2,1-2H3. The average Bonchev–Trinajstić information content (AvgIpc) is 2.36. The third-order valence-corrected chi connectivity index (χ3v) is 4.98. The second-order valence-corrected chi connectivity index (χ2v) is 6.30. The second kappa shape index (κ2) is 7.49. The topological polar surface area (TPSA) is 15.3 Å². The Labute approximate surface area is 114 Å². The van der Waals surface area contributed by atoms with E-state index in [4.69, 9.17) is 0 Å². The van der Waals surface area contributed by atoms with Gasteiger partial charge in [-0.3, -0.25) is 4.90 Å². The summed E-state index contributed by atoms with van der Waals surface area (Å²) in [5.74, 6) is 1.01. The summed E-state index contributed by atoms with van der Waals surface area (Å²) in [6.45, 7) is 8.43. The normalized spacial score (nSPS) is 29.5. The van der Waals surface area contributed by atoms with Crippen LogP contribution in [0.5, 0.6) is 0 Å². The molecule has 2 atom stereocenters. The van der Waals surface area contributed by atoms with Gasteiger partial charge in [-0.15, -0.1) is 0 Å². The van der Waals surface area contributed by atoms with Gasteiger partial charge in [0.25, 0.3) is 0 Å². The van der Waals surface area contributed by atoms with Crippen LogP contribution in [0.15, 0.2) is 0 Å². The van der Waals surface area contributed by atoms with Crippen molar-refractivity contribution in [3.05, 3.63) is 0 Å². The van der Waals surface area contributed by atoms with E-state index in [9.17, 15) is 0 Å². The molecule has 0 saturated heterocycles. The Bertz CT molecular complexity index is 225. The first-order valence-electron chi connectivity index (χ1n) is 8.32.